The number of carbonyl (C=O) groups is 1. The molecule has 4 heteroatoms. The lowest BCUT2D eigenvalue weighted by Gasteiger charge is -2.18. The van der Waals surface area contributed by atoms with Crippen molar-refractivity contribution in [2.75, 3.05) is 6.54 Å². The van der Waals surface area contributed by atoms with Crippen LogP contribution in [0.3, 0.4) is 0 Å². The molecule has 25 heavy (non-hydrogen) atoms. The number of fused-ring (bicyclic) bond motifs is 1. The van der Waals surface area contributed by atoms with Crippen LogP contribution < -0.4 is 11.1 Å². The molecule has 0 bridgehead atoms. The van der Waals surface area contributed by atoms with Crippen molar-refractivity contribution in [3.05, 3.63) is 83.4 Å². The SMILES string of the molecule is Cc1cccc(CC(=O)NC(CN)c2ccc3ccccc3c2)c1.Cl. The Labute approximate surface area is 154 Å². The number of hydrogen-bond donors (Lipinski definition) is 2. The van der Waals surface area contributed by atoms with Crippen molar-refractivity contribution < 1.29 is 4.79 Å². The zero-order valence-corrected chi connectivity index (χ0v) is 15.1. The van der Waals surface area contributed by atoms with Crippen LogP contribution in [0.1, 0.15) is 22.7 Å². The molecule has 0 saturated carbocycles. The normalized spacial score (nSPS) is 11.6. The Morgan fingerprint density at radius 1 is 1.00 bits per heavy atom. The quantitative estimate of drug-likeness (QED) is 0.729. The van der Waals surface area contributed by atoms with Gasteiger partial charge in [0.05, 0.1) is 12.5 Å². The Kier molecular flexibility index (Phi) is 6.57. The summed E-state index contributed by atoms with van der Waals surface area (Å²) < 4.78 is 0. The van der Waals surface area contributed by atoms with Crippen LogP contribution in [-0.4, -0.2) is 12.5 Å². The number of halogens is 1. The van der Waals surface area contributed by atoms with Gasteiger partial charge in [0.2, 0.25) is 5.91 Å². The van der Waals surface area contributed by atoms with Crippen molar-refractivity contribution in [1.29, 1.82) is 0 Å². The van der Waals surface area contributed by atoms with Crippen LogP contribution in [0.15, 0.2) is 66.7 Å². The standard InChI is InChI=1S/C21H22N2O.ClH/c1-15-5-4-6-16(11-15)12-21(24)23-20(14-22)19-10-9-17-7-2-3-8-18(17)13-19;/h2-11,13,20H,12,14,22H2,1H3,(H,23,24);1H. The van der Waals surface area contributed by atoms with Gasteiger partial charge in [-0.2, -0.15) is 0 Å². The molecule has 3 N–H and O–H groups in total. The summed E-state index contributed by atoms with van der Waals surface area (Å²) in [5, 5.41) is 5.39. The maximum Gasteiger partial charge on any atom is 0.224 e. The highest BCUT2D eigenvalue weighted by atomic mass is 35.5. The molecule has 0 radical (unpaired) electrons. The molecule has 0 aliphatic rings. The highest BCUT2D eigenvalue weighted by Gasteiger charge is 2.14. The Morgan fingerprint density at radius 3 is 2.48 bits per heavy atom. The highest BCUT2D eigenvalue weighted by Crippen LogP contribution is 2.20. The molecule has 3 rings (SSSR count). The fourth-order valence-corrected chi connectivity index (χ4v) is 2.96. The number of nitrogens with two attached hydrogens (primary N) is 1. The molecule has 1 amide bonds. The van der Waals surface area contributed by atoms with Gasteiger partial charge in [0, 0.05) is 6.54 Å². The summed E-state index contributed by atoms with van der Waals surface area (Å²) in [6, 6.07) is 22.2. The molecule has 0 aromatic heterocycles. The molecule has 0 heterocycles. The number of hydrogen-bond acceptors (Lipinski definition) is 2. The largest absolute Gasteiger partial charge is 0.348 e. The van der Waals surface area contributed by atoms with Crippen LogP contribution in [0, 0.1) is 6.92 Å². The molecule has 3 nitrogen and oxygen atoms in total. The lowest BCUT2D eigenvalue weighted by molar-refractivity contribution is -0.121. The van der Waals surface area contributed by atoms with E-state index in [2.05, 4.69) is 29.6 Å². The highest BCUT2D eigenvalue weighted by molar-refractivity contribution is 5.85. The number of benzene rings is 3. The first-order valence-electron chi connectivity index (χ1n) is 8.19. The van der Waals surface area contributed by atoms with Gasteiger partial charge in [-0.05, 0) is 34.9 Å². The summed E-state index contributed by atoms with van der Waals surface area (Å²) in [4.78, 5) is 12.4. The van der Waals surface area contributed by atoms with Gasteiger partial charge in [0.15, 0.2) is 0 Å². The van der Waals surface area contributed by atoms with E-state index < -0.39 is 0 Å². The summed E-state index contributed by atoms with van der Waals surface area (Å²) in [5.41, 5.74) is 9.11. The van der Waals surface area contributed by atoms with E-state index in [1.54, 1.807) is 0 Å². The van der Waals surface area contributed by atoms with E-state index in [1.807, 2.05) is 49.4 Å². The van der Waals surface area contributed by atoms with E-state index in [1.165, 1.54) is 5.39 Å². The first-order chi connectivity index (χ1) is 11.7. The van der Waals surface area contributed by atoms with Gasteiger partial charge >= 0.3 is 0 Å². The molecule has 1 unspecified atom stereocenters. The van der Waals surface area contributed by atoms with Crippen LogP contribution in [0.4, 0.5) is 0 Å². The summed E-state index contributed by atoms with van der Waals surface area (Å²) in [5.74, 6) is -0.00999. The second-order valence-corrected chi connectivity index (χ2v) is 6.13. The maximum absolute atomic E-state index is 12.4. The Balaban J connectivity index is 0.00000225. The first-order valence-corrected chi connectivity index (χ1v) is 8.19. The van der Waals surface area contributed by atoms with Crippen LogP contribution >= 0.6 is 12.4 Å². The zero-order chi connectivity index (χ0) is 16.9. The minimum atomic E-state index is -0.174. The van der Waals surface area contributed by atoms with Gasteiger partial charge in [-0.25, -0.2) is 0 Å². The summed E-state index contributed by atoms with van der Waals surface area (Å²) >= 11 is 0. The number of amides is 1. The van der Waals surface area contributed by atoms with Crippen LogP contribution in [0.5, 0.6) is 0 Å². The van der Waals surface area contributed by atoms with Crippen LogP contribution in [0.2, 0.25) is 0 Å². The van der Waals surface area contributed by atoms with Crippen molar-refractivity contribution in [2.45, 2.75) is 19.4 Å². The monoisotopic (exact) mass is 354 g/mol. The third-order valence-electron chi connectivity index (χ3n) is 4.19. The third-order valence-corrected chi connectivity index (χ3v) is 4.19. The van der Waals surface area contributed by atoms with Gasteiger partial charge in [0.25, 0.3) is 0 Å². The Morgan fingerprint density at radius 2 is 1.76 bits per heavy atom. The van der Waals surface area contributed by atoms with Gasteiger partial charge < -0.3 is 11.1 Å². The Bertz CT molecular complexity index is 863. The van der Waals surface area contributed by atoms with Gasteiger partial charge in [-0.15, -0.1) is 12.4 Å². The summed E-state index contributed by atoms with van der Waals surface area (Å²) in [6.07, 6.45) is 0.367. The molecular weight excluding hydrogens is 332 g/mol. The lowest BCUT2D eigenvalue weighted by Crippen LogP contribution is -2.34. The lowest BCUT2D eigenvalue weighted by atomic mass is 10.0. The molecule has 3 aromatic rings. The number of nitrogens with one attached hydrogen (secondary N) is 1. The second kappa shape index (κ2) is 8.65. The average molecular weight is 355 g/mol. The topological polar surface area (TPSA) is 55.1 Å². The van der Waals surface area contributed by atoms with Crippen molar-refractivity contribution in [3.8, 4) is 0 Å². The number of aryl methyl sites for hydroxylation is 1. The van der Waals surface area contributed by atoms with E-state index in [0.717, 1.165) is 22.1 Å². The fraction of sp³-hybridized carbons (Fsp3) is 0.190. The summed E-state index contributed by atoms with van der Waals surface area (Å²) in [7, 11) is 0. The fourth-order valence-electron chi connectivity index (χ4n) is 2.96. The molecule has 0 aliphatic carbocycles. The van der Waals surface area contributed by atoms with Crippen LogP contribution in [-0.2, 0) is 11.2 Å². The molecular formula is C21H23ClN2O. The van der Waals surface area contributed by atoms with E-state index in [4.69, 9.17) is 5.73 Å². The summed E-state index contributed by atoms with van der Waals surface area (Å²) in [6.45, 7) is 2.40. The predicted octanol–water partition coefficient (Wildman–Crippen LogP) is 3.93. The number of rotatable bonds is 5. The van der Waals surface area contributed by atoms with E-state index in [-0.39, 0.29) is 24.4 Å². The van der Waals surface area contributed by atoms with Crippen molar-refractivity contribution in [2.24, 2.45) is 5.73 Å². The zero-order valence-electron chi connectivity index (χ0n) is 14.2. The van der Waals surface area contributed by atoms with E-state index in [0.29, 0.717) is 13.0 Å². The van der Waals surface area contributed by atoms with Gasteiger partial charge in [-0.1, -0.05) is 66.2 Å². The van der Waals surface area contributed by atoms with Crippen molar-refractivity contribution in [1.82, 2.24) is 5.32 Å². The smallest absolute Gasteiger partial charge is 0.224 e. The molecule has 130 valence electrons. The average Bonchev–Trinajstić information content (AvgIpc) is 2.59. The molecule has 0 spiro atoms. The predicted molar refractivity (Wildman–Crippen MR) is 106 cm³/mol. The van der Waals surface area contributed by atoms with Crippen molar-refractivity contribution >= 4 is 29.1 Å². The third kappa shape index (κ3) is 4.81. The van der Waals surface area contributed by atoms with Gasteiger partial charge in [0.1, 0.15) is 0 Å². The molecule has 0 saturated heterocycles. The second-order valence-electron chi connectivity index (χ2n) is 6.13. The molecule has 3 aromatic carbocycles. The van der Waals surface area contributed by atoms with E-state index >= 15 is 0 Å². The molecule has 0 aliphatic heterocycles. The minimum Gasteiger partial charge on any atom is -0.348 e. The molecule has 0 fully saturated rings. The maximum atomic E-state index is 12.4. The first kappa shape index (κ1) is 19.0. The Hall–Kier alpha value is -2.36. The van der Waals surface area contributed by atoms with Crippen LogP contribution in [0.25, 0.3) is 10.8 Å². The minimum absolute atomic E-state index is 0. The number of carbonyl (C=O) groups excluding carboxylic acids is 1. The van der Waals surface area contributed by atoms with Crippen molar-refractivity contribution in [3.63, 3.8) is 0 Å². The molecule has 1 atom stereocenters. The van der Waals surface area contributed by atoms with Gasteiger partial charge in [-0.3, -0.25) is 4.79 Å². The van der Waals surface area contributed by atoms with E-state index in [9.17, 15) is 4.79 Å².